The molecule has 4 heteroatoms. The molecule has 1 fully saturated rings. The van der Waals surface area contributed by atoms with Crippen LogP contribution in [0, 0.1) is 5.92 Å². The summed E-state index contributed by atoms with van der Waals surface area (Å²) in [6.07, 6.45) is 4.59. The van der Waals surface area contributed by atoms with Crippen LogP contribution in [-0.2, 0) is 0 Å². The third-order valence-electron chi connectivity index (χ3n) is 3.72. The van der Waals surface area contributed by atoms with Crippen molar-refractivity contribution < 1.29 is 4.79 Å². The Morgan fingerprint density at radius 1 is 1.50 bits per heavy atom. The molecule has 0 saturated heterocycles. The van der Waals surface area contributed by atoms with Gasteiger partial charge in [-0.25, -0.2) is 0 Å². The minimum Gasteiger partial charge on any atom is -0.397 e. The molecule has 18 heavy (non-hydrogen) atoms. The summed E-state index contributed by atoms with van der Waals surface area (Å²) in [7, 11) is 0. The zero-order valence-electron chi connectivity index (χ0n) is 11.2. The maximum Gasteiger partial charge on any atom is 0.174 e. The summed E-state index contributed by atoms with van der Waals surface area (Å²) in [5, 5.41) is 1.15. The maximum atomic E-state index is 11.8. The van der Waals surface area contributed by atoms with E-state index in [1.54, 1.807) is 11.3 Å². The number of nitrogens with two attached hydrogens (primary N) is 1. The van der Waals surface area contributed by atoms with Crippen molar-refractivity contribution in [3.8, 4) is 0 Å². The molecule has 0 radical (unpaired) electrons. The van der Waals surface area contributed by atoms with E-state index in [1.807, 2.05) is 13.0 Å². The van der Waals surface area contributed by atoms with E-state index in [2.05, 4.69) is 11.8 Å². The van der Waals surface area contributed by atoms with Crippen LogP contribution in [0.2, 0.25) is 0 Å². The Morgan fingerprint density at radius 3 is 2.72 bits per heavy atom. The maximum absolute atomic E-state index is 11.8. The number of nitrogens with zero attached hydrogens (tertiary/aromatic N) is 1. The van der Waals surface area contributed by atoms with Crippen LogP contribution in [0.4, 0.5) is 10.7 Å². The fourth-order valence-electron chi connectivity index (χ4n) is 2.29. The average Bonchev–Trinajstić information content (AvgIpc) is 2.69. The first-order valence-electron chi connectivity index (χ1n) is 6.83. The van der Waals surface area contributed by atoms with E-state index in [4.69, 9.17) is 5.73 Å². The highest BCUT2D eigenvalue weighted by molar-refractivity contribution is 7.18. The molecular weight excluding hydrogens is 244 g/mol. The Balaban J connectivity index is 2.12. The second kappa shape index (κ2) is 5.74. The van der Waals surface area contributed by atoms with E-state index in [9.17, 15) is 4.79 Å². The van der Waals surface area contributed by atoms with Crippen molar-refractivity contribution >= 4 is 27.8 Å². The summed E-state index contributed by atoms with van der Waals surface area (Å²) in [6, 6.07) is 1.97. The second-order valence-corrected chi connectivity index (χ2v) is 6.01. The largest absolute Gasteiger partial charge is 0.397 e. The topological polar surface area (TPSA) is 46.3 Å². The molecule has 1 aromatic heterocycles. The highest BCUT2D eigenvalue weighted by Crippen LogP contribution is 2.35. The first kappa shape index (κ1) is 13.4. The third kappa shape index (κ3) is 2.69. The molecule has 0 aliphatic heterocycles. The van der Waals surface area contributed by atoms with E-state index < -0.39 is 0 Å². The smallest absolute Gasteiger partial charge is 0.174 e. The number of Topliss-reactive ketones (excluding diaryl/α,β-unsaturated/α-hetero) is 1. The second-order valence-electron chi connectivity index (χ2n) is 4.98. The van der Waals surface area contributed by atoms with Crippen LogP contribution in [0.3, 0.4) is 0 Å². The molecule has 1 aliphatic rings. The van der Waals surface area contributed by atoms with Crippen molar-refractivity contribution in [2.24, 2.45) is 5.92 Å². The molecule has 0 spiro atoms. The van der Waals surface area contributed by atoms with E-state index in [-0.39, 0.29) is 5.78 Å². The lowest BCUT2D eigenvalue weighted by Crippen LogP contribution is -2.31. The normalized spacial score (nSPS) is 15.4. The molecule has 2 rings (SSSR count). The number of hydrogen-bond acceptors (Lipinski definition) is 4. The molecular formula is C14H22N2OS. The highest BCUT2D eigenvalue weighted by atomic mass is 32.1. The van der Waals surface area contributed by atoms with Crippen LogP contribution in [0.25, 0.3) is 0 Å². The van der Waals surface area contributed by atoms with Crippen molar-refractivity contribution in [3.05, 3.63) is 10.9 Å². The van der Waals surface area contributed by atoms with Gasteiger partial charge in [-0.3, -0.25) is 4.79 Å². The molecule has 0 unspecified atom stereocenters. The van der Waals surface area contributed by atoms with Crippen LogP contribution in [0.1, 0.15) is 49.2 Å². The van der Waals surface area contributed by atoms with Gasteiger partial charge < -0.3 is 10.6 Å². The van der Waals surface area contributed by atoms with Crippen molar-refractivity contribution in [2.45, 2.75) is 39.5 Å². The third-order valence-corrected chi connectivity index (χ3v) is 4.97. The van der Waals surface area contributed by atoms with Gasteiger partial charge in [-0.05, 0) is 31.7 Å². The van der Waals surface area contributed by atoms with Gasteiger partial charge in [-0.15, -0.1) is 11.3 Å². The number of hydrogen-bond donors (Lipinski definition) is 1. The number of rotatable bonds is 6. The Morgan fingerprint density at radius 2 is 2.22 bits per heavy atom. The quantitative estimate of drug-likeness (QED) is 0.801. The predicted octanol–water partition coefficient (Wildman–Crippen LogP) is 3.55. The molecule has 3 nitrogen and oxygen atoms in total. The van der Waals surface area contributed by atoms with Gasteiger partial charge in [0.25, 0.3) is 0 Å². The van der Waals surface area contributed by atoms with E-state index in [0.717, 1.165) is 28.9 Å². The molecule has 2 N–H and O–H groups in total. The van der Waals surface area contributed by atoms with Gasteiger partial charge in [0.1, 0.15) is 0 Å². The minimum absolute atomic E-state index is 0.156. The summed E-state index contributed by atoms with van der Waals surface area (Å²) in [4.78, 5) is 14.9. The van der Waals surface area contributed by atoms with Crippen molar-refractivity contribution in [3.63, 3.8) is 0 Å². The first-order chi connectivity index (χ1) is 8.65. The lowest BCUT2D eigenvalue weighted by atomic mass is 9.85. The molecule has 1 saturated carbocycles. The number of carbonyl (C=O) groups excluding carboxylic acids is 1. The number of anilines is 2. The van der Waals surface area contributed by atoms with Crippen molar-refractivity contribution in [1.82, 2.24) is 0 Å². The standard InChI is InChI=1S/C14H22N2OS/c1-3-12(17)14-11(15)8-13(18-14)16(4-2)9-10-6-5-7-10/h8,10H,3-7,9,15H2,1-2H3. The summed E-state index contributed by atoms with van der Waals surface area (Å²) in [5.74, 6) is 0.988. The molecule has 100 valence electrons. The van der Waals surface area contributed by atoms with Gasteiger partial charge in [0.2, 0.25) is 0 Å². The predicted molar refractivity (Wildman–Crippen MR) is 78.6 cm³/mol. The molecule has 1 heterocycles. The number of ketones is 1. The van der Waals surface area contributed by atoms with Crippen LogP contribution in [0.5, 0.6) is 0 Å². The molecule has 1 aliphatic carbocycles. The van der Waals surface area contributed by atoms with Gasteiger partial charge in [0.05, 0.1) is 15.6 Å². The SMILES string of the molecule is CCC(=O)c1sc(N(CC)CC2CCC2)cc1N. The lowest BCUT2D eigenvalue weighted by Gasteiger charge is -2.32. The van der Waals surface area contributed by atoms with Gasteiger partial charge in [0.15, 0.2) is 5.78 Å². The van der Waals surface area contributed by atoms with E-state index >= 15 is 0 Å². The average molecular weight is 266 g/mol. The highest BCUT2D eigenvalue weighted by Gasteiger charge is 2.22. The van der Waals surface area contributed by atoms with E-state index in [0.29, 0.717) is 12.1 Å². The van der Waals surface area contributed by atoms with Gasteiger partial charge in [0, 0.05) is 19.5 Å². The summed E-state index contributed by atoms with van der Waals surface area (Å²) >= 11 is 1.55. The van der Waals surface area contributed by atoms with Gasteiger partial charge in [-0.2, -0.15) is 0 Å². The fourth-order valence-corrected chi connectivity index (χ4v) is 3.45. The van der Waals surface area contributed by atoms with Gasteiger partial charge in [-0.1, -0.05) is 13.3 Å². The molecule has 0 bridgehead atoms. The Labute approximate surface area is 113 Å². The first-order valence-corrected chi connectivity index (χ1v) is 7.64. The summed E-state index contributed by atoms with van der Waals surface area (Å²) in [5.41, 5.74) is 6.60. The number of carbonyl (C=O) groups is 1. The molecule has 0 amide bonds. The fraction of sp³-hybridized carbons (Fsp3) is 0.643. The molecule has 1 aromatic rings. The number of nitrogen functional groups attached to an aromatic ring is 1. The van der Waals surface area contributed by atoms with Crippen LogP contribution in [-0.4, -0.2) is 18.9 Å². The van der Waals surface area contributed by atoms with Crippen molar-refractivity contribution in [1.29, 1.82) is 0 Å². The Kier molecular flexibility index (Phi) is 4.27. The van der Waals surface area contributed by atoms with Crippen molar-refractivity contribution in [2.75, 3.05) is 23.7 Å². The Bertz CT molecular complexity index is 423. The number of thiophene rings is 1. The van der Waals surface area contributed by atoms with Crippen LogP contribution < -0.4 is 10.6 Å². The lowest BCUT2D eigenvalue weighted by molar-refractivity contribution is 0.0993. The minimum atomic E-state index is 0.156. The summed E-state index contributed by atoms with van der Waals surface area (Å²) in [6.45, 7) is 6.13. The zero-order valence-corrected chi connectivity index (χ0v) is 12.1. The summed E-state index contributed by atoms with van der Waals surface area (Å²) < 4.78 is 0. The monoisotopic (exact) mass is 266 g/mol. The Hall–Kier alpha value is -1.03. The van der Waals surface area contributed by atoms with Crippen LogP contribution >= 0.6 is 11.3 Å². The zero-order chi connectivity index (χ0) is 13.1. The van der Waals surface area contributed by atoms with Gasteiger partial charge >= 0.3 is 0 Å². The molecule has 0 aromatic carbocycles. The van der Waals surface area contributed by atoms with Crippen LogP contribution in [0.15, 0.2) is 6.07 Å². The van der Waals surface area contributed by atoms with E-state index in [1.165, 1.54) is 19.3 Å². The molecule has 0 atom stereocenters.